The third-order valence-electron chi connectivity index (χ3n) is 2.05. The highest BCUT2D eigenvalue weighted by Crippen LogP contribution is 2.11. The summed E-state index contributed by atoms with van der Waals surface area (Å²) < 4.78 is 4.93. The molecule has 0 saturated carbocycles. The minimum absolute atomic E-state index is 0.0646. The fourth-order valence-electron chi connectivity index (χ4n) is 1.22. The van der Waals surface area contributed by atoms with Gasteiger partial charge in [0.05, 0.1) is 6.54 Å². The van der Waals surface area contributed by atoms with Crippen LogP contribution in [0.15, 0.2) is 18.2 Å². The van der Waals surface area contributed by atoms with Crippen molar-refractivity contribution in [3.63, 3.8) is 0 Å². The van der Waals surface area contributed by atoms with Crippen molar-refractivity contribution >= 4 is 5.97 Å². The molecule has 0 radical (unpaired) electrons. The van der Waals surface area contributed by atoms with E-state index < -0.39 is 0 Å². The summed E-state index contributed by atoms with van der Waals surface area (Å²) in [5.41, 5.74) is 8.49. The number of carbonyl (C=O) groups is 1. The van der Waals surface area contributed by atoms with E-state index in [0.717, 1.165) is 11.1 Å². The molecule has 0 spiro atoms. The van der Waals surface area contributed by atoms with Gasteiger partial charge in [0.1, 0.15) is 6.61 Å². The van der Waals surface area contributed by atoms with E-state index in [9.17, 15) is 4.79 Å². The van der Waals surface area contributed by atoms with Crippen molar-refractivity contribution < 1.29 is 9.53 Å². The molecule has 1 aromatic rings. The van der Waals surface area contributed by atoms with E-state index in [2.05, 4.69) is 6.07 Å². The van der Waals surface area contributed by atoms with Crippen LogP contribution in [0.4, 0.5) is 0 Å². The van der Waals surface area contributed by atoms with Crippen molar-refractivity contribution in [2.75, 3.05) is 6.54 Å². The zero-order valence-corrected chi connectivity index (χ0v) is 8.54. The van der Waals surface area contributed by atoms with Gasteiger partial charge in [0, 0.05) is 0 Å². The molecular weight excluding hydrogens is 178 g/mol. The zero-order valence-electron chi connectivity index (χ0n) is 8.54. The standard InChI is InChI=1S/C11H15NO2/c1-8-3-4-10(9(2)5-8)7-14-11(13)6-12/h3-5H,6-7,12H2,1-2H3. The van der Waals surface area contributed by atoms with Crippen molar-refractivity contribution in [2.45, 2.75) is 20.5 Å². The molecule has 3 nitrogen and oxygen atoms in total. The summed E-state index contributed by atoms with van der Waals surface area (Å²) in [7, 11) is 0. The van der Waals surface area contributed by atoms with E-state index in [-0.39, 0.29) is 12.5 Å². The molecule has 0 aromatic heterocycles. The molecule has 0 heterocycles. The van der Waals surface area contributed by atoms with E-state index in [0.29, 0.717) is 6.61 Å². The van der Waals surface area contributed by atoms with Crippen LogP contribution in [0.5, 0.6) is 0 Å². The Hall–Kier alpha value is -1.35. The number of aryl methyl sites for hydroxylation is 2. The highest BCUT2D eigenvalue weighted by molar-refractivity contribution is 5.71. The van der Waals surface area contributed by atoms with E-state index >= 15 is 0 Å². The number of ether oxygens (including phenoxy) is 1. The average molecular weight is 193 g/mol. The SMILES string of the molecule is Cc1ccc(COC(=O)CN)c(C)c1. The third kappa shape index (κ3) is 2.85. The maximum absolute atomic E-state index is 10.8. The monoisotopic (exact) mass is 193 g/mol. The number of nitrogens with two attached hydrogens (primary N) is 1. The Morgan fingerprint density at radius 2 is 2.14 bits per heavy atom. The van der Waals surface area contributed by atoms with Gasteiger partial charge in [-0.1, -0.05) is 23.8 Å². The summed E-state index contributed by atoms with van der Waals surface area (Å²) in [6.07, 6.45) is 0. The summed E-state index contributed by atoms with van der Waals surface area (Å²) in [5, 5.41) is 0. The maximum atomic E-state index is 10.8. The predicted octanol–water partition coefficient (Wildman–Crippen LogP) is 1.31. The molecule has 0 amide bonds. The second-order valence-electron chi connectivity index (χ2n) is 3.29. The minimum Gasteiger partial charge on any atom is -0.460 e. The van der Waals surface area contributed by atoms with Gasteiger partial charge in [-0.25, -0.2) is 0 Å². The fraction of sp³-hybridized carbons (Fsp3) is 0.364. The van der Waals surface area contributed by atoms with E-state index in [1.165, 1.54) is 5.56 Å². The van der Waals surface area contributed by atoms with Gasteiger partial charge in [0.25, 0.3) is 0 Å². The van der Waals surface area contributed by atoms with Crippen LogP contribution in [0.2, 0.25) is 0 Å². The van der Waals surface area contributed by atoms with Crippen LogP contribution in [0.3, 0.4) is 0 Å². The van der Waals surface area contributed by atoms with Crippen LogP contribution in [0.25, 0.3) is 0 Å². The molecule has 1 rings (SSSR count). The number of benzene rings is 1. The molecule has 0 bridgehead atoms. The molecule has 1 aromatic carbocycles. The van der Waals surface area contributed by atoms with Crippen molar-refractivity contribution in [1.82, 2.24) is 0 Å². The Morgan fingerprint density at radius 3 is 2.71 bits per heavy atom. The molecule has 0 aliphatic carbocycles. The quantitative estimate of drug-likeness (QED) is 0.736. The normalized spacial score (nSPS) is 9.93. The molecule has 2 N–H and O–H groups in total. The number of esters is 1. The van der Waals surface area contributed by atoms with Crippen molar-refractivity contribution in [1.29, 1.82) is 0 Å². The summed E-state index contributed by atoms with van der Waals surface area (Å²) in [6.45, 7) is 4.27. The van der Waals surface area contributed by atoms with E-state index in [4.69, 9.17) is 10.5 Å². The fourth-order valence-corrected chi connectivity index (χ4v) is 1.22. The lowest BCUT2D eigenvalue weighted by atomic mass is 10.1. The van der Waals surface area contributed by atoms with Gasteiger partial charge >= 0.3 is 5.97 Å². The molecule has 0 unspecified atom stereocenters. The molecule has 14 heavy (non-hydrogen) atoms. The molecule has 0 fully saturated rings. The zero-order chi connectivity index (χ0) is 10.6. The van der Waals surface area contributed by atoms with E-state index in [1.807, 2.05) is 26.0 Å². The van der Waals surface area contributed by atoms with Crippen LogP contribution in [-0.2, 0) is 16.1 Å². The Kier molecular flexibility index (Phi) is 3.65. The van der Waals surface area contributed by atoms with Crippen molar-refractivity contribution in [3.8, 4) is 0 Å². The molecule has 0 aliphatic rings. The van der Waals surface area contributed by atoms with Gasteiger partial charge in [-0.2, -0.15) is 0 Å². The summed E-state index contributed by atoms with van der Waals surface area (Å²) >= 11 is 0. The number of rotatable bonds is 3. The second kappa shape index (κ2) is 4.77. The summed E-state index contributed by atoms with van der Waals surface area (Å²) in [5.74, 6) is -0.370. The first-order valence-electron chi connectivity index (χ1n) is 4.55. The lowest BCUT2D eigenvalue weighted by molar-refractivity contribution is -0.143. The lowest BCUT2D eigenvalue weighted by Crippen LogP contribution is -2.16. The van der Waals surface area contributed by atoms with Crippen LogP contribution < -0.4 is 5.73 Å². The van der Waals surface area contributed by atoms with Gasteiger partial charge in [0.2, 0.25) is 0 Å². The van der Waals surface area contributed by atoms with Gasteiger partial charge in [-0.05, 0) is 25.0 Å². The molecule has 0 saturated heterocycles. The van der Waals surface area contributed by atoms with Crippen LogP contribution in [0.1, 0.15) is 16.7 Å². The summed E-state index contributed by atoms with van der Waals surface area (Å²) in [6, 6.07) is 6.03. The molecule has 3 heteroatoms. The first-order valence-corrected chi connectivity index (χ1v) is 4.55. The largest absolute Gasteiger partial charge is 0.460 e. The topological polar surface area (TPSA) is 52.3 Å². The Balaban J connectivity index is 2.63. The number of hydrogen-bond donors (Lipinski definition) is 1. The third-order valence-corrected chi connectivity index (χ3v) is 2.05. The minimum atomic E-state index is -0.370. The van der Waals surface area contributed by atoms with E-state index in [1.54, 1.807) is 0 Å². The van der Waals surface area contributed by atoms with Gasteiger partial charge in [0.15, 0.2) is 0 Å². The smallest absolute Gasteiger partial charge is 0.320 e. The van der Waals surface area contributed by atoms with Gasteiger partial charge in [-0.15, -0.1) is 0 Å². The highest BCUT2D eigenvalue weighted by Gasteiger charge is 2.02. The molecule has 0 aliphatic heterocycles. The predicted molar refractivity (Wildman–Crippen MR) is 54.8 cm³/mol. The van der Waals surface area contributed by atoms with Crippen LogP contribution >= 0.6 is 0 Å². The average Bonchev–Trinajstić information content (AvgIpc) is 2.16. The van der Waals surface area contributed by atoms with Crippen molar-refractivity contribution in [2.24, 2.45) is 5.73 Å². The Bertz CT molecular complexity index is 334. The lowest BCUT2D eigenvalue weighted by Gasteiger charge is -2.07. The first kappa shape index (κ1) is 10.7. The number of hydrogen-bond acceptors (Lipinski definition) is 3. The van der Waals surface area contributed by atoms with Crippen LogP contribution in [0, 0.1) is 13.8 Å². The maximum Gasteiger partial charge on any atom is 0.320 e. The highest BCUT2D eigenvalue weighted by atomic mass is 16.5. The van der Waals surface area contributed by atoms with Gasteiger partial charge in [-0.3, -0.25) is 4.79 Å². The Labute approximate surface area is 83.9 Å². The van der Waals surface area contributed by atoms with Crippen LogP contribution in [-0.4, -0.2) is 12.5 Å². The molecular formula is C11H15NO2. The summed E-state index contributed by atoms with van der Waals surface area (Å²) in [4.78, 5) is 10.8. The Morgan fingerprint density at radius 1 is 1.43 bits per heavy atom. The molecule has 76 valence electrons. The van der Waals surface area contributed by atoms with Crippen molar-refractivity contribution in [3.05, 3.63) is 34.9 Å². The number of carbonyl (C=O) groups excluding carboxylic acids is 1. The first-order chi connectivity index (χ1) is 6.63. The van der Waals surface area contributed by atoms with Gasteiger partial charge < -0.3 is 10.5 Å². The second-order valence-corrected chi connectivity index (χ2v) is 3.29. The molecule has 0 atom stereocenters.